The number of thiazole rings is 1. The molecule has 0 unspecified atom stereocenters. The molecule has 9 heteroatoms. The van der Waals surface area contributed by atoms with Crippen LogP contribution >= 0.6 is 22.7 Å². The number of para-hydroxylation sites is 1. The molecule has 7 nitrogen and oxygen atoms in total. The second-order valence-corrected chi connectivity index (χ2v) is 7.91. The lowest BCUT2D eigenvalue weighted by Gasteiger charge is -2.05. The number of carbonyl (C=O) groups is 1. The monoisotopic (exact) mass is 423 g/mol. The molecule has 5 rings (SSSR count). The Morgan fingerprint density at radius 1 is 1.21 bits per heavy atom. The Morgan fingerprint density at radius 2 is 2.10 bits per heavy atom. The third-order valence-corrected chi connectivity index (χ3v) is 5.97. The molecule has 0 atom stereocenters. The van der Waals surface area contributed by atoms with E-state index in [0.717, 1.165) is 16.0 Å². The number of esters is 1. The Hall–Kier alpha value is -3.30. The Labute approximate surface area is 171 Å². The molecule has 1 aromatic carbocycles. The molecule has 0 radical (unpaired) electrons. The van der Waals surface area contributed by atoms with Gasteiger partial charge in [0, 0.05) is 21.7 Å². The van der Waals surface area contributed by atoms with Crippen molar-refractivity contribution in [1.29, 1.82) is 0 Å². The number of thiophene rings is 1. The van der Waals surface area contributed by atoms with E-state index in [1.807, 2.05) is 40.4 Å². The Kier molecular flexibility index (Phi) is 4.45. The van der Waals surface area contributed by atoms with Crippen LogP contribution in [0.15, 0.2) is 62.0 Å². The van der Waals surface area contributed by atoms with Crippen molar-refractivity contribution in [1.82, 2.24) is 14.5 Å². The van der Waals surface area contributed by atoms with Gasteiger partial charge in [-0.05, 0) is 23.6 Å². The van der Waals surface area contributed by atoms with Crippen LogP contribution in [0.5, 0.6) is 0 Å². The fourth-order valence-electron chi connectivity index (χ4n) is 2.96. The first kappa shape index (κ1) is 17.8. The minimum Gasteiger partial charge on any atom is -0.458 e. The molecule has 0 fully saturated rings. The lowest BCUT2D eigenvalue weighted by atomic mass is 10.2. The minimum absolute atomic E-state index is 0.0501. The summed E-state index contributed by atoms with van der Waals surface area (Å²) in [5.41, 5.74) is 2.49. The quantitative estimate of drug-likeness (QED) is 0.396. The zero-order chi connectivity index (χ0) is 19.8. The van der Waals surface area contributed by atoms with Crippen LogP contribution in [0.25, 0.3) is 32.6 Å². The summed E-state index contributed by atoms with van der Waals surface area (Å²) in [6.07, 6.45) is 1.34. The molecule has 0 aliphatic rings. The maximum absolute atomic E-state index is 12.7. The molecule has 4 aromatic heterocycles. The molecule has 0 saturated heterocycles. The van der Waals surface area contributed by atoms with Crippen molar-refractivity contribution in [3.63, 3.8) is 0 Å². The standard InChI is InChI=1S/C20H13N3O4S2/c24-16(26-8-13-10-29-19(22-13)12-5-6-28-9-12)7-23-11-21-17-14-3-1-2-4-15(14)27-18(17)20(23)25/h1-6,9-11H,7-8H2. The average Bonchev–Trinajstić information content (AvgIpc) is 3.48. The predicted octanol–water partition coefficient (Wildman–Crippen LogP) is 4.07. The van der Waals surface area contributed by atoms with E-state index in [1.165, 1.54) is 22.2 Å². The normalized spacial score (nSPS) is 11.3. The maximum Gasteiger partial charge on any atom is 0.326 e. The number of benzene rings is 1. The Bertz CT molecular complexity index is 1380. The van der Waals surface area contributed by atoms with E-state index in [1.54, 1.807) is 17.4 Å². The molecule has 0 amide bonds. The smallest absolute Gasteiger partial charge is 0.326 e. The van der Waals surface area contributed by atoms with Gasteiger partial charge in [0.25, 0.3) is 5.56 Å². The van der Waals surface area contributed by atoms with Gasteiger partial charge in [-0.2, -0.15) is 11.3 Å². The van der Waals surface area contributed by atoms with E-state index in [9.17, 15) is 9.59 Å². The van der Waals surface area contributed by atoms with Crippen LogP contribution in [0.3, 0.4) is 0 Å². The summed E-state index contributed by atoms with van der Waals surface area (Å²) in [5.74, 6) is -0.547. The molecule has 144 valence electrons. The highest BCUT2D eigenvalue weighted by molar-refractivity contribution is 7.14. The van der Waals surface area contributed by atoms with Gasteiger partial charge < -0.3 is 9.15 Å². The number of furan rings is 1. The topological polar surface area (TPSA) is 87.2 Å². The molecule has 0 aliphatic heterocycles. The lowest BCUT2D eigenvalue weighted by molar-refractivity contribution is -0.145. The van der Waals surface area contributed by atoms with Crippen LogP contribution < -0.4 is 5.56 Å². The van der Waals surface area contributed by atoms with Gasteiger partial charge >= 0.3 is 5.97 Å². The third kappa shape index (κ3) is 3.34. The highest BCUT2D eigenvalue weighted by Crippen LogP contribution is 2.26. The summed E-state index contributed by atoms with van der Waals surface area (Å²) in [5, 5.41) is 7.50. The summed E-state index contributed by atoms with van der Waals surface area (Å²) in [6.45, 7) is -0.200. The fraction of sp³-hybridized carbons (Fsp3) is 0.100. The molecule has 29 heavy (non-hydrogen) atoms. The molecule has 5 aromatic rings. The highest BCUT2D eigenvalue weighted by Gasteiger charge is 2.15. The number of hydrogen-bond donors (Lipinski definition) is 0. The van der Waals surface area contributed by atoms with Gasteiger partial charge in [-0.1, -0.05) is 12.1 Å². The first-order valence-electron chi connectivity index (χ1n) is 8.68. The molecular weight excluding hydrogens is 410 g/mol. The summed E-state index contributed by atoms with van der Waals surface area (Å²) in [7, 11) is 0. The molecule has 0 aliphatic carbocycles. The van der Waals surface area contributed by atoms with Gasteiger partial charge in [0.1, 0.15) is 29.3 Å². The van der Waals surface area contributed by atoms with Gasteiger partial charge in [0.05, 0.1) is 12.0 Å². The molecule has 4 heterocycles. The SMILES string of the molecule is O=C(Cn1cnc2c(oc3ccccc32)c1=O)OCc1csc(-c2ccsc2)n1. The van der Waals surface area contributed by atoms with Crippen molar-refractivity contribution in [2.45, 2.75) is 13.2 Å². The summed E-state index contributed by atoms with van der Waals surface area (Å²) in [4.78, 5) is 33.6. The van der Waals surface area contributed by atoms with Crippen molar-refractivity contribution in [2.24, 2.45) is 0 Å². The van der Waals surface area contributed by atoms with Gasteiger partial charge in [-0.3, -0.25) is 14.2 Å². The number of nitrogens with zero attached hydrogens (tertiary/aromatic N) is 3. The van der Waals surface area contributed by atoms with E-state index < -0.39 is 11.5 Å². The van der Waals surface area contributed by atoms with Crippen molar-refractivity contribution in [2.75, 3.05) is 0 Å². The number of rotatable bonds is 5. The first-order chi connectivity index (χ1) is 14.2. The Balaban J connectivity index is 1.30. The van der Waals surface area contributed by atoms with Crippen molar-refractivity contribution in [3.8, 4) is 10.6 Å². The van der Waals surface area contributed by atoms with Gasteiger partial charge in [0.15, 0.2) is 0 Å². The number of carbonyl (C=O) groups excluding carboxylic acids is 1. The van der Waals surface area contributed by atoms with E-state index in [4.69, 9.17) is 9.15 Å². The highest BCUT2D eigenvalue weighted by atomic mass is 32.1. The van der Waals surface area contributed by atoms with E-state index in [0.29, 0.717) is 16.8 Å². The van der Waals surface area contributed by atoms with Crippen LogP contribution in [0, 0.1) is 0 Å². The summed E-state index contributed by atoms with van der Waals surface area (Å²) < 4.78 is 12.1. The van der Waals surface area contributed by atoms with Crippen molar-refractivity contribution >= 4 is 50.7 Å². The van der Waals surface area contributed by atoms with Crippen LogP contribution in [0.2, 0.25) is 0 Å². The van der Waals surface area contributed by atoms with Crippen molar-refractivity contribution < 1.29 is 13.9 Å². The second kappa shape index (κ2) is 7.26. The summed E-state index contributed by atoms with van der Waals surface area (Å²) in [6, 6.07) is 9.28. The summed E-state index contributed by atoms with van der Waals surface area (Å²) >= 11 is 3.10. The first-order valence-corrected chi connectivity index (χ1v) is 10.5. The zero-order valence-corrected chi connectivity index (χ0v) is 16.5. The number of hydrogen-bond acceptors (Lipinski definition) is 8. The van der Waals surface area contributed by atoms with Gasteiger partial charge in [0.2, 0.25) is 5.58 Å². The Morgan fingerprint density at radius 3 is 2.97 bits per heavy atom. The van der Waals surface area contributed by atoms with Crippen LogP contribution in [0.4, 0.5) is 0 Å². The van der Waals surface area contributed by atoms with Gasteiger partial charge in [-0.25, -0.2) is 9.97 Å². The largest absolute Gasteiger partial charge is 0.458 e. The number of fused-ring (bicyclic) bond motifs is 3. The average molecular weight is 423 g/mol. The second-order valence-electron chi connectivity index (χ2n) is 6.27. The molecule has 0 bridgehead atoms. The zero-order valence-electron chi connectivity index (χ0n) is 14.9. The third-order valence-electron chi connectivity index (χ3n) is 4.35. The molecule has 0 spiro atoms. The van der Waals surface area contributed by atoms with Crippen LogP contribution in [-0.4, -0.2) is 20.5 Å². The minimum atomic E-state index is -0.547. The van der Waals surface area contributed by atoms with E-state index >= 15 is 0 Å². The molecule has 0 saturated carbocycles. The van der Waals surface area contributed by atoms with Crippen molar-refractivity contribution in [3.05, 3.63) is 68.8 Å². The maximum atomic E-state index is 12.7. The predicted molar refractivity (Wildman–Crippen MR) is 111 cm³/mol. The van der Waals surface area contributed by atoms with E-state index in [2.05, 4.69) is 9.97 Å². The van der Waals surface area contributed by atoms with Crippen LogP contribution in [-0.2, 0) is 22.7 Å². The fourth-order valence-corrected chi connectivity index (χ4v) is 4.48. The van der Waals surface area contributed by atoms with E-state index in [-0.39, 0.29) is 18.7 Å². The van der Waals surface area contributed by atoms with Crippen LogP contribution in [0.1, 0.15) is 5.69 Å². The van der Waals surface area contributed by atoms with Gasteiger partial charge in [-0.15, -0.1) is 11.3 Å². The molecule has 0 N–H and O–H groups in total. The number of ether oxygens (including phenoxy) is 1. The number of aromatic nitrogens is 3. The molecular formula is C20H13N3O4S2. The lowest BCUT2D eigenvalue weighted by Crippen LogP contribution is -2.25.